The number of aryl methyl sites for hydroxylation is 2. The fraction of sp³-hybridized carbons (Fsp3) is 0.111. The summed E-state index contributed by atoms with van der Waals surface area (Å²) < 4.78 is 0. The van der Waals surface area contributed by atoms with Crippen LogP contribution in [0.2, 0.25) is 0 Å². The Morgan fingerprint density at radius 1 is 0.629 bits per heavy atom. The monoisotopic (exact) mass is 462 g/mol. The van der Waals surface area contributed by atoms with Crippen molar-refractivity contribution in [3.8, 4) is 33.8 Å². The molecule has 8 nitrogen and oxygen atoms in total. The molecule has 0 amide bonds. The Kier molecular flexibility index (Phi) is 4.74. The summed E-state index contributed by atoms with van der Waals surface area (Å²) in [6, 6.07) is 19.2. The number of aromatic amines is 2. The van der Waals surface area contributed by atoms with Gasteiger partial charge < -0.3 is 10.2 Å². The summed E-state index contributed by atoms with van der Waals surface area (Å²) in [5, 5.41) is 44.6. The maximum atomic E-state index is 11.3. The van der Waals surface area contributed by atoms with E-state index in [0.29, 0.717) is 39.7 Å². The summed E-state index contributed by atoms with van der Waals surface area (Å²) in [5.41, 5.74) is 9.36. The van der Waals surface area contributed by atoms with Gasteiger partial charge in [-0.1, -0.05) is 46.8 Å². The van der Waals surface area contributed by atoms with E-state index in [1.165, 1.54) is 0 Å². The highest BCUT2D eigenvalue weighted by molar-refractivity contribution is 5.94. The number of aromatic nitrogens is 6. The molecule has 6 rings (SSSR count). The Morgan fingerprint density at radius 2 is 1.09 bits per heavy atom. The second kappa shape index (κ2) is 7.95. The Morgan fingerprint density at radius 3 is 1.54 bits per heavy atom. The topological polar surface area (TPSA) is 124 Å². The lowest BCUT2D eigenvalue weighted by Gasteiger charge is -2.15. The van der Waals surface area contributed by atoms with Crippen molar-refractivity contribution in [3.63, 3.8) is 0 Å². The van der Waals surface area contributed by atoms with Gasteiger partial charge in [-0.3, -0.25) is 10.2 Å². The largest absolute Gasteiger partial charge is 0.507 e. The summed E-state index contributed by atoms with van der Waals surface area (Å²) in [5.74, 6) is 0.319. The standard InChI is InChI=1S/C27H22N6O2/c1-14-9-16(26(34)20(11-14)18-5-3-7-22-24(18)30-32-28-22)13-17-10-15(2)12-21(27(17)35)19-6-4-8-23-25(19)31-33-29-23/h3-12,34-35H,13H2,1-2H3,(H,28,30,32)(H,29,31,33). The first kappa shape index (κ1) is 20.9. The molecule has 0 saturated carbocycles. The van der Waals surface area contributed by atoms with Gasteiger partial charge in [0.25, 0.3) is 0 Å². The maximum absolute atomic E-state index is 11.3. The van der Waals surface area contributed by atoms with Gasteiger partial charge in [-0.15, -0.1) is 10.2 Å². The minimum Gasteiger partial charge on any atom is -0.507 e. The van der Waals surface area contributed by atoms with E-state index >= 15 is 0 Å². The molecule has 0 aliphatic rings. The number of phenols is 2. The van der Waals surface area contributed by atoms with Crippen molar-refractivity contribution in [3.05, 3.63) is 82.9 Å². The van der Waals surface area contributed by atoms with E-state index in [4.69, 9.17) is 0 Å². The van der Waals surface area contributed by atoms with Gasteiger partial charge in [-0.05, 0) is 60.4 Å². The predicted octanol–water partition coefficient (Wildman–Crippen LogP) is 5.18. The van der Waals surface area contributed by atoms with E-state index in [0.717, 1.165) is 33.3 Å². The molecule has 0 aliphatic heterocycles. The average Bonchev–Trinajstić information content (AvgIpc) is 3.52. The number of hydrogen-bond donors (Lipinski definition) is 4. The Balaban J connectivity index is 1.48. The lowest BCUT2D eigenvalue weighted by molar-refractivity contribution is 0.465. The minimum absolute atomic E-state index is 0.159. The zero-order valence-corrected chi connectivity index (χ0v) is 19.2. The lowest BCUT2D eigenvalue weighted by atomic mass is 9.91. The second-order valence-electron chi connectivity index (χ2n) is 8.84. The molecule has 2 aromatic heterocycles. The van der Waals surface area contributed by atoms with Gasteiger partial charge in [-0.25, -0.2) is 0 Å². The van der Waals surface area contributed by atoms with E-state index in [9.17, 15) is 10.2 Å². The predicted molar refractivity (Wildman–Crippen MR) is 134 cm³/mol. The highest BCUT2D eigenvalue weighted by Gasteiger charge is 2.19. The third-order valence-electron chi connectivity index (χ3n) is 6.34. The van der Waals surface area contributed by atoms with Crippen molar-refractivity contribution < 1.29 is 10.2 Å². The van der Waals surface area contributed by atoms with Crippen LogP contribution < -0.4 is 0 Å². The molecule has 0 atom stereocenters. The number of benzene rings is 4. The summed E-state index contributed by atoms with van der Waals surface area (Å²) in [6.07, 6.45) is 0.352. The smallest absolute Gasteiger partial charge is 0.127 e. The lowest BCUT2D eigenvalue weighted by Crippen LogP contribution is -1.96. The van der Waals surface area contributed by atoms with Crippen molar-refractivity contribution in [2.24, 2.45) is 0 Å². The molecule has 8 heteroatoms. The number of aromatic hydroxyl groups is 2. The maximum Gasteiger partial charge on any atom is 0.127 e. The van der Waals surface area contributed by atoms with Crippen LogP contribution in [0.1, 0.15) is 22.3 Å². The average molecular weight is 463 g/mol. The highest BCUT2D eigenvalue weighted by atomic mass is 16.3. The van der Waals surface area contributed by atoms with Crippen LogP contribution in [-0.4, -0.2) is 41.0 Å². The van der Waals surface area contributed by atoms with Crippen molar-refractivity contribution in [1.29, 1.82) is 0 Å². The molecule has 4 aromatic carbocycles. The number of phenolic OH excluding ortho intramolecular Hbond substituents is 2. The molecule has 0 aliphatic carbocycles. The Hall–Kier alpha value is -4.72. The molecular formula is C27H22N6O2. The summed E-state index contributed by atoms with van der Waals surface area (Å²) in [4.78, 5) is 0. The minimum atomic E-state index is 0.159. The van der Waals surface area contributed by atoms with Gasteiger partial charge in [-0.2, -0.15) is 0 Å². The van der Waals surface area contributed by atoms with Gasteiger partial charge in [0.1, 0.15) is 22.5 Å². The molecule has 4 N–H and O–H groups in total. The zero-order chi connectivity index (χ0) is 24.1. The third kappa shape index (κ3) is 3.47. The molecule has 172 valence electrons. The summed E-state index contributed by atoms with van der Waals surface area (Å²) in [7, 11) is 0. The van der Waals surface area contributed by atoms with E-state index in [-0.39, 0.29) is 11.5 Å². The van der Waals surface area contributed by atoms with Crippen molar-refractivity contribution in [2.75, 3.05) is 0 Å². The molecule has 0 spiro atoms. The Bertz CT molecular complexity index is 1610. The quantitative estimate of drug-likeness (QED) is 0.286. The normalized spacial score (nSPS) is 11.5. The Labute approximate surface area is 200 Å². The molecule has 0 unspecified atom stereocenters. The number of hydrogen-bond acceptors (Lipinski definition) is 6. The number of nitrogens with zero attached hydrogens (tertiary/aromatic N) is 4. The molecular weight excluding hydrogens is 440 g/mol. The van der Waals surface area contributed by atoms with Gasteiger partial charge >= 0.3 is 0 Å². The second-order valence-corrected chi connectivity index (χ2v) is 8.84. The summed E-state index contributed by atoms with van der Waals surface area (Å²) in [6.45, 7) is 3.98. The van der Waals surface area contributed by atoms with Gasteiger partial charge in [0, 0.05) is 28.7 Å². The van der Waals surface area contributed by atoms with Crippen LogP contribution in [-0.2, 0) is 6.42 Å². The van der Waals surface area contributed by atoms with Crippen molar-refractivity contribution in [1.82, 2.24) is 30.8 Å². The van der Waals surface area contributed by atoms with Crippen LogP contribution in [0, 0.1) is 13.8 Å². The van der Waals surface area contributed by atoms with Gasteiger partial charge in [0.15, 0.2) is 0 Å². The van der Waals surface area contributed by atoms with Crippen LogP contribution in [0.3, 0.4) is 0 Å². The molecule has 0 fully saturated rings. The zero-order valence-electron chi connectivity index (χ0n) is 19.2. The SMILES string of the molecule is Cc1cc(Cc2cc(C)cc(-c3cccc4[nH]nnc34)c2O)c(O)c(-c2cccc3[nH]nnc23)c1. The summed E-state index contributed by atoms with van der Waals surface area (Å²) >= 11 is 0. The van der Waals surface area contributed by atoms with Crippen LogP contribution in [0.15, 0.2) is 60.7 Å². The van der Waals surface area contributed by atoms with Crippen LogP contribution in [0.5, 0.6) is 11.5 Å². The first-order valence-corrected chi connectivity index (χ1v) is 11.2. The molecule has 6 aromatic rings. The molecule has 0 bridgehead atoms. The van der Waals surface area contributed by atoms with E-state index in [2.05, 4.69) is 30.8 Å². The number of rotatable bonds is 4. The van der Waals surface area contributed by atoms with Crippen LogP contribution >= 0.6 is 0 Å². The number of H-pyrrole nitrogens is 2. The number of nitrogens with one attached hydrogen (secondary N) is 2. The fourth-order valence-corrected chi connectivity index (χ4v) is 4.77. The molecule has 35 heavy (non-hydrogen) atoms. The van der Waals surface area contributed by atoms with Crippen molar-refractivity contribution in [2.45, 2.75) is 20.3 Å². The van der Waals surface area contributed by atoms with Gasteiger partial charge in [0.2, 0.25) is 0 Å². The molecule has 2 heterocycles. The molecule has 0 radical (unpaired) electrons. The first-order valence-electron chi connectivity index (χ1n) is 11.2. The third-order valence-corrected chi connectivity index (χ3v) is 6.34. The number of fused-ring (bicyclic) bond motifs is 2. The van der Waals surface area contributed by atoms with Gasteiger partial charge in [0.05, 0.1) is 11.0 Å². The van der Waals surface area contributed by atoms with E-state index in [1.807, 2.05) is 74.5 Å². The van der Waals surface area contributed by atoms with E-state index < -0.39 is 0 Å². The highest BCUT2D eigenvalue weighted by Crippen LogP contribution is 2.41. The van der Waals surface area contributed by atoms with Crippen molar-refractivity contribution >= 4 is 22.1 Å². The van der Waals surface area contributed by atoms with E-state index in [1.54, 1.807) is 0 Å². The molecule has 0 saturated heterocycles. The fourth-order valence-electron chi connectivity index (χ4n) is 4.77. The van der Waals surface area contributed by atoms with Crippen LogP contribution in [0.25, 0.3) is 44.3 Å². The first-order chi connectivity index (χ1) is 17.0. The van der Waals surface area contributed by atoms with Crippen LogP contribution in [0.4, 0.5) is 0 Å².